The minimum atomic E-state index is -0.783. The summed E-state index contributed by atoms with van der Waals surface area (Å²) in [5.41, 5.74) is 11.1. The Morgan fingerprint density at radius 3 is 1.55 bits per heavy atom. The highest BCUT2D eigenvalue weighted by Gasteiger charge is 2.49. The summed E-state index contributed by atoms with van der Waals surface area (Å²) < 4.78 is 0. The highest BCUT2D eigenvalue weighted by atomic mass is 15.1. The van der Waals surface area contributed by atoms with Crippen LogP contribution in [-0.4, -0.2) is 15.0 Å². The van der Waals surface area contributed by atoms with Gasteiger partial charge in [-0.1, -0.05) is 188 Å². The highest BCUT2D eigenvalue weighted by Crippen LogP contribution is 2.57. The summed E-state index contributed by atoms with van der Waals surface area (Å²) in [6.07, 6.45) is 0. The SMILES string of the molecule is c1ccc(C2(c3nc(-c4ccc5ccccc5c4)nc(C4c5ccc6ccccc6c5-c5c4ccc4ccccc54)n3)c3ccccc3-c3ccccc32)cc1. The van der Waals surface area contributed by atoms with E-state index in [9.17, 15) is 0 Å². The Balaban J connectivity index is 1.22. The van der Waals surface area contributed by atoms with E-state index < -0.39 is 5.41 Å². The number of aromatic nitrogens is 3. The quantitative estimate of drug-likeness (QED) is 0.182. The smallest absolute Gasteiger partial charge is 0.163 e. The van der Waals surface area contributed by atoms with Crippen LogP contribution in [0.15, 0.2) is 194 Å². The molecule has 260 valence electrons. The Morgan fingerprint density at radius 2 is 0.911 bits per heavy atom. The summed E-state index contributed by atoms with van der Waals surface area (Å²) in [7, 11) is 0. The van der Waals surface area contributed by atoms with E-state index in [0.29, 0.717) is 5.82 Å². The first-order valence-corrected chi connectivity index (χ1v) is 19.3. The van der Waals surface area contributed by atoms with Crippen molar-refractivity contribution >= 4 is 32.3 Å². The highest BCUT2D eigenvalue weighted by molar-refractivity contribution is 6.10. The first-order chi connectivity index (χ1) is 27.8. The molecule has 2 aliphatic rings. The second-order valence-corrected chi connectivity index (χ2v) is 15.0. The lowest BCUT2D eigenvalue weighted by atomic mass is 9.71. The first-order valence-electron chi connectivity index (χ1n) is 19.3. The molecule has 0 spiro atoms. The molecule has 3 nitrogen and oxygen atoms in total. The van der Waals surface area contributed by atoms with Crippen LogP contribution in [0.5, 0.6) is 0 Å². The van der Waals surface area contributed by atoms with Gasteiger partial charge in [0.1, 0.15) is 11.2 Å². The van der Waals surface area contributed by atoms with E-state index in [1.54, 1.807) is 0 Å². The van der Waals surface area contributed by atoms with Crippen molar-refractivity contribution in [1.29, 1.82) is 0 Å². The van der Waals surface area contributed by atoms with Gasteiger partial charge >= 0.3 is 0 Å². The van der Waals surface area contributed by atoms with Crippen molar-refractivity contribution in [3.8, 4) is 33.6 Å². The predicted molar refractivity (Wildman–Crippen MR) is 228 cm³/mol. The van der Waals surface area contributed by atoms with E-state index in [-0.39, 0.29) is 5.92 Å². The topological polar surface area (TPSA) is 38.7 Å². The normalized spacial score (nSPS) is 13.8. The lowest BCUT2D eigenvalue weighted by molar-refractivity contribution is 0.670. The average Bonchev–Trinajstić information content (AvgIpc) is 3.78. The van der Waals surface area contributed by atoms with Crippen LogP contribution >= 0.6 is 0 Å². The Labute approximate surface area is 324 Å². The van der Waals surface area contributed by atoms with Gasteiger partial charge in [-0.2, -0.15) is 0 Å². The molecule has 56 heavy (non-hydrogen) atoms. The Hall–Kier alpha value is -7.23. The van der Waals surface area contributed by atoms with Crippen molar-refractivity contribution in [3.63, 3.8) is 0 Å². The van der Waals surface area contributed by atoms with Crippen LogP contribution in [0.3, 0.4) is 0 Å². The number of benzene rings is 9. The number of fused-ring (bicyclic) bond motifs is 11. The molecule has 12 rings (SSSR count). The lowest BCUT2D eigenvalue weighted by Crippen LogP contribution is -2.32. The van der Waals surface area contributed by atoms with Crippen molar-refractivity contribution in [1.82, 2.24) is 15.0 Å². The van der Waals surface area contributed by atoms with Crippen molar-refractivity contribution in [3.05, 3.63) is 234 Å². The minimum Gasteiger partial charge on any atom is -0.215 e. The van der Waals surface area contributed by atoms with Crippen LogP contribution in [0.2, 0.25) is 0 Å². The van der Waals surface area contributed by atoms with Gasteiger partial charge in [0.05, 0.1) is 5.92 Å². The third kappa shape index (κ3) is 4.31. The lowest BCUT2D eigenvalue weighted by Gasteiger charge is -2.32. The summed E-state index contributed by atoms with van der Waals surface area (Å²) in [6.45, 7) is 0. The molecule has 9 aromatic carbocycles. The van der Waals surface area contributed by atoms with Gasteiger partial charge in [0.2, 0.25) is 0 Å². The van der Waals surface area contributed by atoms with Crippen LogP contribution in [0.4, 0.5) is 0 Å². The fraction of sp³-hybridized carbons (Fsp3) is 0.0377. The molecule has 0 bridgehead atoms. The average molecular weight is 712 g/mol. The second-order valence-electron chi connectivity index (χ2n) is 15.0. The zero-order valence-electron chi connectivity index (χ0n) is 30.4. The molecular weight excluding hydrogens is 679 g/mol. The van der Waals surface area contributed by atoms with Crippen molar-refractivity contribution in [2.45, 2.75) is 11.3 Å². The standard InChI is InChI=1S/C53H33N3/c1-2-18-38(19-3-1)53(45-24-12-10-22-41(45)42-23-11-13-25-46(42)53)52-55-50(37-27-26-33-14-4-5-17-36(33)32-37)54-51(56-52)49-43-30-28-34-15-6-8-20-39(34)47(43)48-40-21-9-7-16-35(40)29-31-44(48)49/h1-32,49H. The second kappa shape index (κ2) is 11.9. The van der Waals surface area contributed by atoms with Crippen molar-refractivity contribution < 1.29 is 0 Å². The molecule has 0 unspecified atom stereocenters. The van der Waals surface area contributed by atoms with Gasteiger partial charge in [-0.3, -0.25) is 0 Å². The van der Waals surface area contributed by atoms with Crippen LogP contribution < -0.4 is 0 Å². The maximum Gasteiger partial charge on any atom is 0.163 e. The van der Waals surface area contributed by atoms with Crippen molar-refractivity contribution in [2.24, 2.45) is 0 Å². The van der Waals surface area contributed by atoms with Crippen LogP contribution in [-0.2, 0) is 5.41 Å². The monoisotopic (exact) mass is 711 g/mol. The Bertz CT molecular complexity index is 3090. The third-order valence-electron chi connectivity index (χ3n) is 12.2. The van der Waals surface area contributed by atoms with Gasteiger partial charge < -0.3 is 0 Å². The van der Waals surface area contributed by atoms with Gasteiger partial charge in [-0.15, -0.1) is 0 Å². The molecule has 0 amide bonds. The van der Waals surface area contributed by atoms with E-state index in [0.717, 1.165) is 28.2 Å². The van der Waals surface area contributed by atoms with Crippen LogP contribution in [0.1, 0.15) is 45.4 Å². The molecule has 0 fully saturated rings. The molecule has 0 aliphatic heterocycles. The molecule has 0 saturated carbocycles. The number of hydrogen-bond acceptors (Lipinski definition) is 3. The molecule has 0 radical (unpaired) electrons. The summed E-state index contributed by atoms with van der Waals surface area (Å²) in [4.78, 5) is 16.9. The summed E-state index contributed by atoms with van der Waals surface area (Å²) in [5.74, 6) is 1.94. The maximum atomic E-state index is 5.77. The molecule has 0 saturated heterocycles. The van der Waals surface area contributed by atoms with Gasteiger partial charge in [-0.05, 0) is 88.5 Å². The molecule has 0 N–H and O–H groups in total. The molecule has 1 aromatic heterocycles. The Morgan fingerprint density at radius 1 is 0.393 bits per heavy atom. The van der Waals surface area contributed by atoms with Gasteiger partial charge in [0.25, 0.3) is 0 Å². The first kappa shape index (κ1) is 31.2. The zero-order valence-corrected chi connectivity index (χ0v) is 30.4. The minimum absolute atomic E-state index is 0.213. The molecule has 3 heteroatoms. The number of hydrogen-bond donors (Lipinski definition) is 0. The van der Waals surface area contributed by atoms with Gasteiger partial charge in [0, 0.05) is 5.56 Å². The Kier molecular flexibility index (Phi) is 6.61. The summed E-state index contributed by atoms with van der Waals surface area (Å²) >= 11 is 0. The van der Waals surface area contributed by atoms with E-state index in [1.165, 1.54) is 71.4 Å². The fourth-order valence-corrected chi connectivity index (χ4v) is 9.81. The molecular formula is C53H33N3. The zero-order chi connectivity index (χ0) is 36.8. The van der Waals surface area contributed by atoms with E-state index in [2.05, 4.69) is 194 Å². The van der Waals surface area contributed by atoms with E-state index in [1.807, 2.05) is 0 Å². The number of rotatable bonds is 4. The molecule has 1 heterocycles. The molecule has 0 atom stereocenters. The maximum absolute atomic E-state index is 5.77. The van der Waals surface area contributed by atoms with Crippen LogP contribution in [0.25, 0.3) is 66.0 Å². The van der Waals surface area contributed by atoms with Gasteiger partial charge in [-0.25, -0.2) is 15.0 Å². The van der Waals surface area contributed by atoms with E-state index in [4.69, 9.17) is 15.0 Å². The van der Waals surface area contributed by atoms with E-state index >= 15 is 0 Å². The summed E-state index contributed by atoms with van der Waals surface area (Å²) in [5, 5.41) is 7.27. The molecule has 10 aromatic rings. The fourth-order valence-electron chi connectivity index (χ4n) is 9.81. The van der Waals surface area contributed by atoms with Crippen molar-refractivity contribution in [2.75, 3.05) is 0 Å². The largest absolute Gasteiger partial charge is 0.215 e. The number of nitrogens with zero attached hydrogens (tertiary/aromatic N) is 3. The third-order valence-corrected chi connectivity index (χ3v) is 12.2. The summed E-state index contributed by atoms with van der Waals surface area (Å²) in [6, 6.07) is 70.1. The van der Waals surface area contributed by atoms with Crippen LogP contribution in [0, 0.1) is 0 Å². The van der Waals surface area contributed by atoms with Gasteiger partial charge in [0.15, 0.2) is 11.6 Å². The predicted octanol–water partition coefficient (Wildman–Crippen LogP) is 12.5. The molecule has 2 aliphatic carbocycles.